The SMILES string of the molecule is NP(N)(=O)OC(CC(=O)CC=O)c1cc([N+](=O)[O-])ccn1. The van der Waals surface area contributed by atoms with Crippen LogP contribution in [0.5, 0.6) is 0 Å². The second-order valence-electron chi connectivity index (χ2n) is 4.05. The van der Waals surface area contributed by atoms with Crippen LogP contribution in [0, 0.1) is 10.1 Å². The Morgan fingerprint density at radius 1 is 1.57 bits per heavy atom. The van der Waals surface area contributed by atoms with Gasteiger partial charge in [0.25, 0.3) is 5.69 Å². The fraction of sp³-hybridized carbons (Fsp3) is 0.300. The summed E-state index contributed by atoms with van der Waals surface area (Å²) in [6.45, 7) is 0. The molecule has 4 N–H and O–H groups in total. The van der Waals surface area contributed by atoms with Gasteiger partial charge >= 0.3 is 7.67 Å². The first-order chi connectivity index (χ1) is 9.73. The highest BCUT2D eigenvalue weighted by molar-refractivity contribution is 7.53. The average Bonchev–Trinajstić information content (AvgIpc) is 2.36. The standard InChI is InChI=1S/C10H13N4O6P/c11-21(12,19)20-10(6-8(16)2-4-15)9-5-7(14(17)18)1-3-13-9/h1,3-5,10H,2,6H2,(H4,11,12,19). The maximum atomic E-state index is 11.5. The Morgan fingerprint density at radius 3 is 2.76 bits per heavy atom. The molecule has 1 unspecified atom stereocenters. The molecule has 10 nitrogen and oxygen atoms in total. The minimum absolute atomic E-state index is 0.0282. The van der Waals surface area contributed by atoms with Gasteiger partial charge in [-0.15, -0.1) is 0 Å². The van der Waals surface area contributed by atoms with Crippen molar-refractivity contribution in [3.8, 4) is 0 Å². The topological polar surface area (TPSA) is 169 Å². The molecule has 0 radical (unpaired) electrons. The van der Waals surface area contributed by atoms with Crippen LogP contribution in [0.25, 0.3) is 0 Å². The van der Waals surface area contributed by atoms with E-state index >= 15 is 0 Å². The lowest BCUT2D eigenvalue weighted by atomic mass is 10.1. The monoisotopic (exact) mass is 316 g/mol. The first-order valence-corrected chi connectivity index (χ1v) is 7.40. The van der Waals surface area contributed by atoms with Crippen LogP contribution in [0.4, 0.5) is 5.69 Å². The van der Waals surface area contributed by atoms with E-state index < -0.39 is 24.5 Å². The Bertz CT molecular complexity index is 601. The highest BCUT2D eigenvalue weighted by Gasteiger charge is 2.25. The predicted molar refractivity (Wildman–Crippen MR) is 71.0 cm³/mol. The third-order valence-corrected chi connectivity index (χ3v) is 2.91. The van der Waals surface area contributed by atoms with Crippen LogP contribution >= 0.6 is 7.67 Å². The van der Waals surface area contributed by atoms with Crippen LogP contribution in [-0.4, -0.2) is 22.0 Å². The Hall–Kier alpha value is -2.00. The van der Waals surface area contributed by atoms with E-state index in [0.29, 0.717) is 6.29 Å². The summed E-state index contributed by atoms with van der Waals surface area (Å²) < 4.78 is 16.2. The number of pyridine rings is 1. The third kappa shape index (κ3) is 5.88. The van der Waals surface area contributed by atoms with Crippen molar-refractivity contribution >= 4 is 25.4 Å². The molecule has 1 atom stereocenters. The molecule has 0 bridgehead atoms. The Morgan fingerprint density at radius 2 is 2.24 bits per heavy atom. The maximum Gasteiger partial charge on any atom is 0.336 e. The summed E-state index contributed by atoms with van der Waals surface area (Å²) in [6, 6.07) is 2.19. The average molecular weight is 316 g/mol. The lowest BCUT2D eigenvalue weighted by Gasteiger charge is -2.18. The molecule has 0 aliphatic carbocycles. The summed E-state index contributed by atoms with van der Waals surface area (Å²) in [7, 11) is -3.95. The van der Waals surface area contributed by atoms with Crippen molar-refractivity contribution in [2.75, 3.05) is 0 Å². The molecule has 0 saturated carbocycles. The molecule has 1 rings (SSSR count). The molecule has 1 heterocycles. The van der Waals surface area contributed by atoms with E-state index in [2.05, 4.69) is 4.98 Å². The van der Waals surface area contributed by atoms with Crippen molar-refractivity contribution < 1.29 is 23.6 Å². The lowest BCUT2D eigenvalue weighted by Crippen LogP contribution is -2.17. The van der Waals surface area contributed by atoms with Gasteiger partial charge in [-0.05, 0) is 0 Å². The summed E-state index contributed by atoms with van der Waals surface area (Å²) in [5, 5.41) is 10.7. The number of hydrogen-bond donors (Lipinski definition) is 2. The minimum Gasteiger partial charge on any atom is -0.303 e. The maximum absolute atomic E-state index is 11.5. The predicted octanol–water partition coefficient (Wildman–Crippen LogP) is 0.621. The number of Topliss-reactive ketones (excluding diaryl/α,β-unsaturated/α-hetero) is 1. The van der Waals surface area contributed by atoms with Gasteiger partial charge in [0.05, 0.1) is 17.0 Å². The molecule has 0 amide bonds. The van der Waals surface area contributed by atoms with Crippen LogP contribution in [0.1, 0.15) is 24.6 Å². The number of ketones is 1. The second-order valence-corrected chi connectivity index (χ2v) is 5.55. The van der Waals surface area contributed by atoms with E-state index in [9.17, 15) is 24.3 Å². The number of nitrogens with two attached hydrogens (primary N) is 2. The minimum atomic E-state index is -3.95. The Balaban J connectivity index is 3.07. The first kappa shape index (κ1) is 17.1. The van der Waals surface area contributed by atoms with E-state index in [1.165, 1.54) is 0 Å². The number of hydrogen-bond acceptors (Lipinski definition) is 7. The van der Waals surface area contributed by atoms with Crippen LogP contribution in [0.2, 0.25) is 0 Å². The molecule has 0 saturated heterocycles. The van der Waals surface area contributed by atoms with Crippen LogP contribution in [0.3, 0.4) is 0 Å². The summed E-state index contributed by atoms with van der Waals surface area (Å²) in [5.41, 5.74) is 9.86. The number of carbonyl (C=O) groups excluding carboxylic acids is 2. The van der Waals surface area contributed by atoms with Gasteiger partial charge in [-0.25, -0.2) is 11.0 Å². The lowest BCUT2D eigenvalue weighted by molar-refractivity contribution is -0.385. The number of nitro groups is 1. The Labute approximate surface area is 119 Å². The van der Waals surface area contributed by atoms with Crippen molar-refractivity contribution in [1.82, 2.24) is 4.98 Å². The van der Waals surface area contributed by atoms with Gasteiger partial charge in [0.1, 0.15) is 18.2 Å². The summed E-state index contributed by atoms with van der Waals surface area (Å²) in [5.74, 6) is -0.531. The smallest absolute Gasteiger partial charge is 0.303 e. The molecule has 0 fully saturated rings. The molecule has 21 heavy (non-hydrogen) atoms. The van der Waals surface area contributed by atoms with Gasteiger partial charge < -0.3 is 4.79 Å². The summed E-state index contributed by atoms with van der Waals surface area (Å²) in [4.78, 5) is 35.6. The van der Waals surface area contributed by atoms with E-state index in [0.717, 1.165) is 18.3 Å². The van der Waals surface area contributed by atoms with E-state index in [1.54, 1.807) is 0 Å². The fourth-order valence-corrected chi connectivity index (χ4v) is 2.08. The normalized spacial score (nSPS) is 12.7. The zero-order valence-electron chi connectivity index (χ0n) is 10.7. The van der Waals surface area contributed by atoms with Crippen molar-refractivity contribution in [1.29, 1.82) is 0 Å². The van der Waals surface area contributed by atoms with E-state index in [1.807, 2.05) is 0 Å². The summed E-state index contributed by atoms with van der Waals surface area (Å²) in [6.07, 6.45) is -0.478. The zero-order chi connectivity index (χ0) is 16.0. The molecule has 0 aliphatic rings. The van der Waals surface area contributed by atoms with Gasteiger partial charge in [0.15, 0.2) is 0 Å². The van der Waals surface area contributed by atoms with Gasteiger partial charge in [0.2, 0.25) is 0 Å². The van der Waals surface area contributed by atoms with Crippen LogP contribution < -0.4 is 11.0 Å². The van der Waals surface area contributed by atoms with Gasteiger partial charge in [-0.1, -0.05) is 0 Å². The van der Waals surface area contributed by atoms with E-state index in [-0.39, 0.29) is 24.2 Å². The molecule has 1 aromatic heterocycles. The van der Waals surface area contributed by atoms with Crippen molar-refractivity contribution in [3.63, 3.8) is 0 Å². The van der Waals surface area contributed by atoms with Gasteiger partial charge in [0, 0.05) is 24.8 Å². The van der Waals surface area contributed by atoms with Crippen molar-refractivity contribution in [2.45, 2.75) is 18.9 Å². The number of nitrogens with zero attached hydrogens (tertiary/aromatic N) is 2. The fourth-order valence-electron chi connectivity index (χ4n) is 1.50. The summed E-state index contributed by atoms with van der Waals surface area (Å²) >= 11 is 0. The molecule has 11 heteroatoms. The highest BCUT2D eigenvalue weighted by Crippen LogP contribution is 2.37. The number of aromatic nitrogens is 1. The quantitative estimate of drug-likeness (QED) is 0.229. The third-order valence-electron chi connectivity index (χ3n) is 2.32. The number of carbonyl (C=O) groups is 2. The van der Waals surface area contributed by atoms with Crippen molar-refractivity contribution in [2.24, 2.45) is 11.0 Å². The van der Waals surface area contributed by atoms with Gasteiger partial charge in [-0.3, -0.25) is 29.0 Å². The van der Waals surface area contributed by atoms with Crippen LogP contribution in [0.15, 0.2) is 18.3 Å². The largest absolute Gasteiger partial charge is 0.336 e. The number of rotatable bonds is 8. The number of aldehydes is 1. The molecule has 114 valence electrons. The molecular formula is C10H13N4O6P. The van der Waals surface area contributed by atoms with Crippen molar-refractivity contribution in [3.05, 3.63) is 34.1 Å². The molecule has 1 aromatic rings. The molecule has 0 spiro atoms. The molecule has 0 aliphatic heterocycles. The highest BCUT2D eigenvalue weighted by atomic mass is 31.2. The second kappa shape index (κ2) is 7.14. The van der Waals surface area contributed by atoms with Crippen LogP contribution in [-0.2, 0) is 18.7 Å². The molecule has 0 aromatic carbocycles. The van der Waals surface area contributed by atoms with E-state index in [4.69, 9.17) is 15.5 Å². The zero-order valence-corrected chi connectivity index (χ0v) is 11.6. The first-order valence-electron chi connectivity index (χ1n) is 5.64. The Kier molecular flexibility index (Phi) is 5.79. The van der Waals surface area contributed by atoms with Gasteiger partial charge in [-0.2, -0.15) is 0 Å². The molecular weight excluding hydrogens is 303 g/mol.